The number of piperidine rings is 1. The predicted molar refractivity (Wildman–Crippen MR) is 111 cm³/mol. The number of nitrogens with two attached hydrogens (primary N) is 2. The molecule has 26 heavy (non-hydrogen) atoms. The predicted octanol–water partition coefficient (Wildman–Crippen LogP) is 2.92. The molecule has 6 nitrogen and oxygen atoms in total. The van der Waals surface area contributed by atoms with Crippen LogP contribution in [0.1, 0.15) is 69.3 Å². The van der Waals surface area contributed by atoms with Crippen LogP contribution in [0.15, 0.2) is 29.4 Å². The van der Waals surface area contributed by atoms with Gasteiger partial charge in [-0.05, 0) is 51.0 Å². The number of carbonyl (C=O) groups excluding carboxylic acids is 1. The third-order valence-electron chi connectivity index (χ3n) is 3.97. The Morgan fingerprint density at radius 1 is 1.04 bits per heavy atom. The Kier molecular flexibility index (Phi) is 14.0. The second-order valence-electron chi connectivity index (χ2n) is 5.60. The zero-order valence-electron chi connectivity index (χ0n) is 16.9. The van der Waals surface area contributed by atoms with Gasteiger partial charge in [0, 0.05) is 17.7 Å². The molecule has 0 saturated carbocycles. The van der Waals surface area contributed by atoms with E-state index in [1.807, 2.05) is 27.7 Å². The number of amides is 1. The van der Waals surface area contributed by atoms with E-state index >= 15 is 0 Å². The van der Waals surface area contributed by atoms with Crippen LogP contribution in [-0.2, 0) is 0 Å². The molecule has 1 saturated heterocycles. The SMILES string of the molecule is CC.CC.N/N=C(\N)c1ccc(C(=O)NCCCN2CCCCC2)cc1. The molecule has 1 amide bonds. The summed E-state index contributed by atoms with van der Waals surface area (Å²) in [5.74, 6) is 5.32. The maximum Gasteiger partial charge on any atom is 0.251 e. The Balaban J connectivity index is 0.00000146. The Labute approximate surface area is 159 Å². The molecule has 0 aliphatic carbocycles. The van der Waals surface area contributed by atoms with E-state index in [9.17, 15) is 4.79 Å². The van der Waals surface area contributed by atoms with Crippen molar-refractivity contribution in [3.8, 4) is 0 Å². The number of rotatable bonds is 6. The van der Waals surface area contributed by atoms with Crippen molar-refractivity contribution in [2.75, 3.05) is 26.2 Å². The first-order chi connectivity index (χ1) is 12.7. The Bertz CT molecular complexity index is 507. The molecule has 1 aromatic rings. The zero-order valence-corrected chi connectivity index (χ0v) is 16.9. The molecule has 0 atom stereocenters. The zero-order chi connectivity index (χ0) is 19.8. The van der Waals surface area contributed by atoms with Crippen LogP contribution in [0.2, 0.25) is 0 Å². The first-order valence-corrected chi connectivity index (χ1v) is 9.85. The van der Waals surface area contributed by atoms with Gasteiger partial charge in [-0.15, -0.1) is 0 Å². The van der Waals surface area contributed by atoms with Crippen LogP contribution in [0, 0.1) is 0 Å². The Hall–Kier alpha value is -2.08. The highest BCUT2D eigenvalue weighted by Gasteiger charge is 2.10. The van der Waals surface area contributed by atoms with Gasteiger partial charge >= 0.3 is 0 Å². The van der Waals surface area contributed by atoms with Gasteiger partial charge in [-0.25, -0.2) is 0 Å². The van der Waals surface area contributed by atoms with Crippen molar-refractivity contribution < 1.29 is 4.79 Å². The van der Waals surface area contributed by atoms with Crippen LogP contribution < -0.4 is 16.9 Å². The summed E-state index contributed by atoms with van der Waals surface area (Å²) >= 11 is 0. The topological polar surface area (TPSA) is 96.7 Å². The molecule has 0 radical (unpaired) electrons. The summed E-state index contributed by atoms with van der Waals surface area (Å²) in [6.45, 7) is 12.1. The molecule has 6 heteroatoms. The van der Waals surface area contributed by atoms with Gasteiger partial charge in [0.05, 0.1) is 0 Å². The number of likely N-dealkylation sites (tertiary alicyclic amines) is 1. The normalized spacial score (nSPS) is 14.4. The lowest BCUT2D eigenvalue weighted by Gasteiger charge is -2.26. The summed E-state index contributed by atoms with van der Waals surface area (Å²) < 4.78 is 0. The molecule has 1 aliphatic heterocycles. The molecule has 0 aromatic heterocycles. The van der Waals surface area contributed by atoms with Crippen molar-refractivity contribution in [1.82, 2.24) is 10.2 Å². The van der Waals surface area contributed by atoms with Gasteiger partial charge in [0.2, 0.25) is 0 Å². The van der Waals surface area contributed by atoms with Crippen LogP contribution >= 0.6 is 0 Å². The number of nitrogens with zero attached hydrogens (tertiary/aromatic N) is 2. The molecule has 1 aromatic carbocycles. The second-order valence-corrected chi connectivity index (χ2v) is 5.60. The van der Waals surface area contributed by atoms with E-state index < -0.39 is 0 Å². The summed E-state index contributed by atoms with van der Waals surface area (Å²) in [5, 5.41) is 6.38. The molecule has 5 N–H and O–H groups in total. The van der Waals surface area contributed by atoms with Crippen molar-refractivity contribution in [1.29, 1.82) is 0 Å². The molecule has 1 fully saturated rings. The Morgan fingerprint density at radius 2 is 1.58 bits per heavy atom. The summed E-state index contributed by atoms with van der Waals surface area (Å²) in [4.78, 5) is 14.5. The van der Waals surface area contributed by atoms with Gasteiger partial charge < -0.3 is 21.8 Å². The molecule has 0 unspecified atom stereocenters. The third-order valence-corrected chi connectivity index (χ3v) is 3.97. The largest absolute Gasteiger partial charge is 0.382 e. The molecule has 0 spiro atoms. The van der Waals surface area contributed by atoms with E-state index in [4.69, 9.17) is 11.6 Å². The highest BCUT2D eigenvalue weighted by molar-refractivity contribution is 5.99. The average molecular weight is 364 g/mol. The fraction of sp³-hybridized carbons (Fsp3) is 0.600. The van der Waals surface area contributed by atoms with E-state index in [0.29, 0.717) is 17.7 Å². The number of hydrazone groups is 1. The van der Waals surface area contributed by atoms with Crippen molar-refractivity contribution in [3.63, 3.8) is 0 Å². The van der Waals surface area contributed by atoms with Gasteiger partial charge in [0.1, 0.15) is 5.84 Å². The molecule has 2 rings (SSSR count). The second kappa shape index (κ2) is 15.2. The van der Waals surface area contributed by atoms with Crippen molar-refractivity contribution in [2.45, 2.75) is 53.4 Å². The van der Waals surface area contributed by atoms with Crippen LogP contribution in [0.5, 0.6) is 0 Å². The maximum atomic E-state index is 12.0. The minimum atomic E-state index is -0.0616. The molecular weight excluding hydrogens is 326 g/mol. The van der Waals surface area contributed by atoms with Crippen LogP contribution in [0.4, 0.5) is 0 Å². The number of nitrogens with one attached hydrogen (secondary N) is 1. The van der Waals surface area contributed by atoms with Crippen molar-refractivity contribution >= 4 is 11.7 Å². The monoisotopic (exact) mass is 363 g/mol. The van der Waals surface area contributed by atoms with Crippen LogP contribution in [0.25, 0.3) is 0 Å². The molecule has 1 heterocycles. The fourth-order valence-electron chi connectivity index (χ4n) is 2.66. The maximum absolute atomic E-state index is 12.0. The summed E-state index contributed by atoms with van der Waals surface area (Å²) in [7, 11) is 0. The van der Waals surface area contributed by atoms with E-state index in [2.05, 4.69) is 15.3 Å². The molecule has 148 valence electrons. The van der Waals surface area contributed by atoms with Gasteiger partial charge in [-0.3, -0.25) is 4.79 Å². The van der Waals surface area contributed by atoms with Gasteiger partial charge in [0.25, 0.3) is 5.91 Å². The number of hydrogen-bond acceptors (Lipinski definition) is 4. The van der Waals surface area contributed by atoms with E-state index in [-0.39, 0.29) is 11.7 Å². The van der Waals surface area contributed by atoms with Crippen molar-refractivity contribution in [3.05, 3.63) is 35.4 Å². The highest BCUT2D eigenvalue weighted by Crippen LogP contribution is 2.08. The third kappa shape index (κ3) is 8.85. The van der Waals surface area contributed by atoms with Crippen LogP contribution in [0.3, 0.4) is 0 Å². The van der Waals surface area contributed by atoms with Gasteiger partial charge in [-0.2, -0.15) is 5.10 Å². The van der Waals surface area contributed by atoms with Crippen molar-refractivity contribution in [2.24, 2.45) is 16.7 Å². The highest BCUT2D eigenvalue weighted by atomic mass is 16.1. The molecule has 1 aliphatic rings. The summed E-state index contributed by atoms with van der Waals surface area (Å²) in [6.07, 6.45) is 4.93. The lowest BCUT2D eigenvalue weighted by molar-refractivity contribution is 0.0951. The smallest absolute Gasteiger partial charge is 0.251 e. The number of amidine groups is 1. The quantitative estimate of drug-likeness (QED) is 0.238. The number of hydrogen-bond donors (Lipinski definition) is 3. The molecular formula is C20H37N5O. The van der Waals surface area contributed by atoms with E-state index in [0.717, 1.165) is 13.0 Å². The fourth-order valence-corrected chi connectivity index (χ4v) is 2.66. The lowest BCUT2D eigenvalue weighted by Crippen LogP contribution is -2.33. The minimum absolute atomic E-state index is 0.0616. The van der Waals surface area contributed by atoms with Gasteiger partial charge in [-0.1, -0.05) is 46.2 Å². The average Bonchev–Trinajstić information content (AvgIpc) is 2.74. The standard InChI is InChI=1S/C16H25N5O.2C2H6/c17-15(20-18)13-5-7-14(8-6-13)16(22)19-9-4-12-21-10-2-1-3-11-21;2*1-2/h5-8H,1-4,9-12,18H2,(H2,17,20)(H,19,22);2*1-2H3. The van der Waals surface area contributed by atoms with Crippen LogP contribution in [-0.4, -0.2) is 42.8 Å². The van der Waals surface area contributed by atoms with E-state index in [1.54, 1.807) is 24.3 Å². The van der Waals surface area contributed by atoms with E-state index in [1.165, 1.54) is 32.4 Å². The minimum Gasteiger partial charge on any atom is -0.382 e. The summed E-state index contributed by atoms with van der Waals surface area (Å²) in [6, 6.07) is 6.95. The first kappa shape index (κ1) is 23.9. The Morgan fingerprint density at radius 3 is 2.12 bits per heavy atom. The van der Waals surface area contributed by atoms with Gasteiger partial charge in [0.15, 0.2) is 0 Å². The number of benzene rings is 1. The molecule has 0 bridgehead atoms. The lowest BCUT2D eigenvalue weighted by atomic mass is 10.1. The first-order valence-electron chi connectivity index (χ1n) is 9.85. The summed E-state index contributed by atoms with van der Waals surface area (Å²) in [5.41, 5.74) is 6.94. The number of carbonyl (C=O) groups is 1.